The normalized spacial score (nSPS) is 22.1. The minimum atomic E-state index is -0.425. The van der Waals surface area contributed by atoms with Crippen molar-refractivity contribution in [2.45, 2.75) is 70.9 Å². The van der Waals surface area contributed by atoms with Crippen LogP contribution in [-0.4, -0.2) is 17.7 Å². The lowest BCUT2D eigenvalue weighted by molar-refractivity contribution is 0.0484. The van der Waals surface area contributed by atoms with Gasteiger partial charge >= 0.3 is 6.09 Å². The molecule has 1 N–H and O–H groups in total. The Morgan fingerprint density at radius 2 is 1.95 bits per heavy atom. The highest BCUT2D eigenvalue weighted by atomic mass is 16.6. The minimum Gasteiger partial charge on any atom is -0.444 e. The van der Waals surface area contributed by atoms with Crippen molar-refractivity contribution in [2.24, 2.45) is 5.92 Å². The maximum atomic E-state index is 11.9. The van der Waals surface area contributed by atoms with E-state index in [0.29, 0.717) is 5.92 Å². The second kappa shape index (κ2) is 7.66. The summed E-state index contributed by atoms with van der Waals surface area (Å²) >= 11 is 0. The summed E-state index contributed by atoms with van der Waals surface area (Å²) in [6, 6.07) is 10.9. The van der Waals surface area contributed by atoms with Gasteiger partial charge in [-0.1, -0.05) is 43.2 Å². The molecule has 1 aliphatic carbocycles. The highest BCUT2D eigenvalue weighted by Crippen LogP contribution is 2.28. The van der Waals surface area contributed by atoms with Gasteiger partial charge in [0.15, 0.2) is 0 Å². The van der Waals surface area contributed by atoms with Gasteiger partial charge in [-0.25, -0.2) is 4.79 Å². The molecule has 2 atom stereocenters. The summed E-state index contributed by atoms with van der Waals surface area (Å²) < 4.78 is 5.35. The predicted molar refractivity (Wildman–Crippen MR) is 89.9 cm³/mol. The van der Waals surface area contributed by atoms with Crippen LogP contribution in [0.2, 0.25) is 0 Å². The number of hydrogen-bond donors (Lipinski definition) is 1. The summed E-state index contributed by atoms with van der Waals surface area (Å²) in [6.45, 7) is 5.70. The van der Waals surface area contributed by atoms with E-state index in [1.807, 2.05) is 20.8 Å². The molecule has 1 fully saturated rings. The number of rotatable bonds is 4. The number of hydrogen-bond acceptors (Lipinski definition) is 2. The van der Waals surface area contributed by atoms with Gasteiger partial charge in [-0.05, 0) is 57.9 Å². The SMILES string of the molecule is CC(C)(C)OC(=O)N[C@@H]1CCC[C@H](CCc2ccccc2)C1. The first-order valence-corrected chi connectivity index (χ1v) is 8.46. The molecule has 2 rings (SSSR count). The summed E-state index contributed by atoms with van der Waals surface area (Å²) in [7, 11) is 0. The van der Waals surface area contributed by atoms with Gasteiger partial charge in [0, 0.05) is 6.04 Å². The Morgan fingerprint density at radius 1 is 1.23 bits per heavy atom. The average molecular weight is 303 g/mol. The van der Waals surface area contributed by atoms with Crippen molar-refractivity contribution in [2.75, 3.05) is 0 Å². The molecule has 0 radical (unpaired) electrons. The Hall–Kier alpha value is -1.51. The third-order valence-electron chi connectivity index (χ3n) is 4.19. The Bertz CT molecular complexity index is 464. The molecule has 3 heteroatoms. The van der Waals surface area contributed by atoms with Gasteiger partial charge in [-0.15, -0.1) is 0 Å². The maximum absolute atomic E-state index is 11.9. The van der Waals surface area contributed by atoms with E-state index in [1.54, 1.807) is 0 Å². The van der Waals surface area contributed by atoms with E-state index >= 15 is 0 Å². The first-order chi connectivity index (χ1) is 10.4. The fourth-order valence-electron chi connectivity index (χ4n) is 3.17. The highest BCUT2D eigenvalue weighted by molar-refractivity contribution is 5.68. The lowest BCUT2D eigenvalue weighted by Gasteiger charge is -2.30. The Morgan fingerprint density at radius 3 is 2.64 bits per heavy atom. The fourth-order valence-corrected chi connectivity index (χ4v) is 3.17. The van der Waals surface area contributed by atoms with E-state index in [2.05, 4.69) is 35.6 Å². The lowest BCUT2D eigenvalue weighted by Crippen LogP contribution is -2.41. The number of amides is 1. The van der Waals surface area contributed by atoms with Crippen molar-refractivity contribution in [1.82, 2.24) is 5.32 Å². The van der Waals surface area contributed by atoms with Crippen LogP contribution < -0.4 is 5.32 Å². The van der Waals surface area contributed by atoms with Crippen molar-refractivity contribution in [3.63, 3.8) is 0 Å². The van der Waals surface area contributed by atoms with E-state index in [-0.39, 0.29) is 12.1 Å². The van der Waals surface area contributed by atoms with Crippen molar-refractivity contribution >= 4 is 6.09 Å². The Balaban J connectivity index is 1.75. The topological polar surface area (TPSA) is 38.3 Å². The standard InChI is InChI=1S/C19H29NO2/c1-19(2,3)22-18(21)20-17-11-7-10-16(14-17)13-12-15-8-5-4-6-9-15/h4-6,8-9,16-17H,7,10-14H2,1-3H3,(H,20,21)/t16-,17-/m1/s1. The molecule has 0 saturated heterocycles. The third-order valence-corrected chi connectivity index (χ3v) is 4.19. The van der Waals surface area contributed by atoms with Crippen LogP contribution in [0.15, 0.2) is 30.3 Å². The van der Waals surface area contributed by atoms with Crippen LogP contribution in [0.1, 0.15) is 58.4 Å². The van der Waals surface area contributed by atoms with Crippen molar-refractivity contribution in [3.05, 3.63) is 35.9 Å². The van der Waals surface area contributed by atoms with E-state index in [9.17, 15) is 4.79 Å². The number of carbonyl (C=O) groups excluding carboxylic acids is 1. The third kappa shape index (κ3) is 6.08. The molecule has 122 valence electrons. The van der Waals surface area contributed by atoms with E-state index in [4.69, 9.17) is 4.74 Å². The van der Waals surface area contributed by atoms with Crippen LogP contribution in [0, 0.1) is 5.92 Å². The van der Waals surface area contributed by atoms with E-state index < -0.39 is 5.60 Å². The Kier molecular flexibility index (Phi) is 5.87. The molecule has 1 amide bonds. The fraction of sp³-hybridized carbons (Fsp3) is 0.632. The molecular formula is C19H29NO2. The molecule has 3 nitrogen and oxygen atoms in total. The molecule has 0 heterocycles. The van der Waals surface area contributed by atoms with Gasteiger partial charge in [0.2, 0.25) is 0 Å². The Labute approximate surface area is 134 Å². The molecule has 0 aliphatic heterocycles. The van der Waals surface area contributed by atoms with Crippen LogP contribution in [-0.2, 0) is 11.2 Å². The van der Waals surface area contributed by atoms with Gasteiger partial charge in [-0.2, -0.15) is 0 Å². The maximum Gasteiger partial charge on any atom is 0.407 e. The molecule has 22 heavy (non-hydrogen) atoms. The van der Waals surface area contributed by atoms with Crippen molar-refractivity contribution < 1.29 is 9.53 Å². The predicted octanol–water partition coefficient (Wildman–Crippen LogP) is 4.70. The molecule has 1 aromatic carbocycles. The van der Waals surface area contributed by atoms with Crippen LogP contribution in [0.3, 0.4) is 0 Å². The molecule has 1 aliphatic rings. The van der Waals surface area contributed by atoms with E-state index in [0.717, 1.165) is 19.3 Å². The summed E-state index contributed by atoms with van der Waals surface area (Å²) in [5.74, 6) is 0.703. The quantitative estimate of drug-likeness (QED) is 0.875. The zero-order valence-electron chi connectivity index (χ0n) is 14.1. The average Bonchev–Trinajstić information content (AvgIpc) is 2.44. The molecule has 1 aromatic rings. The highest BCUT2D eigenvalue weighted by Gasteiger charge is 2.25. The molecule has 1 saturated carbocycles. The summed E-state index contributed by atoms with van der Waals surface area (Å²) in [5.41, 5.74) is 0.982. The molecule has 0 spiro atoms. The van der Waals surface area contributed by atoms with Crippen molar-refractivity contribution in [3.8, 4) is 0 Å². The first kappa shape index (κ1) is 16.9. The molecule has 0 unspecified atom stereocenters. The van der Waals surface area contributed by atoms with Crippen LogP contribution in [0.4, 0.5) is 4.79 Å². The monoisotopic (exact) mass is 303 g/mol. The minimum absolute atomic E-state index is 0.268. The van der Waals surface area contributed by atoms with Crippen LogP contribution in [0.5, 0.6) is 0 Å². The number of nitrogens with one attached hydrogen (secondary N) is 1. The molecular weight excluding hydrogens is 274 g/mol. The number of carbonyl (C=O) groups is 1. The zero-order valence-corrected chi connectivity index (χ0v) is 14.1. The largest absolute Gasteiger partial charge is 0.444 e. The van der Waals surface area contributed by atoms with Gasteiger partial charge in [0.05, 0.1) is 0 Å². The van der Waals surface area contributed by atoms with Crippen molar-refractivity contribution in [1.29, 1.82) is 0 Å². The van der Waals surface area contributed by atoms with Gasteiger partial charge in [0.25, 0.3) is 0 Å². The number of aryl methyl sites for hydroxylation is 1. The van der Waals surface area contributed by atoms with Gasteiger partial charge in [-0.3, -0.25) is 0 Å². The first-order valence-electron chi connectivity index (χ1n) is 8.46. The number of alkyl carbamates (subject to hydrolysis) is 1. The van der Waals surface area contributed by atoms with Gasteiger partial charge < -0.3 is 10.1 Å². The smallest absolute Gasteiger partial charge is 0.407 e. The van der Waals surface area contributed by atoms with Gasteiger partial charge in [0.1, 0.15) is 5.60 Å². The zero-order chi connectivity index (χ0) is 16.0. The molecule has 0 aromatic heterocycles. The summed E-state index contributed by atoms with van der Waals surface area (Å²) in [5, 5.41) is 3.04. The summed E-state index contributed by atoms with van der Waals surface area (Å²) in [6.07, 6.45) is 6.68. The lowest BCUT2D eigenvalue weighted by atomic mass is 9.82. The second-order valence-electron chi connectivity index (χ2n) is 7.40. The number of benzene rings is 1. The number of ether oxygens (including phenoxy) is 1. The molecule has 0 bridgehead atoms. The van der Waals surface area contributed by atoms with E-state index in [1.165, 1.54) is 24.8 Å². The van der Waals surface area contributed by atoms with Crippen LogP contribution >= 0.6 is 0 Å². The van der Waals surface area contributed by atoms with Crippen LogP contribution in [0.25, 0.3) is 0 Å². The second-order valence-corrected chi connectivity index (χ2v) is 7.40. The summed E-state index contributed by atoms with van der Waals surface area (Å²) in [4.78, 5) is 11.9.